The smallest absolute Gasteiger partial charge is 0.251 e. The summed E-state index contributed by atoms with van der Waals surface area (Å²) in [5.41, 5.74) is 7.50. The average molecular weight is 303 g/mol. The number of nitrogens with zero attached hydrogens (tertiary/aromatic N) is 1. The fourth-order valence-corrected chi connectivity index (χ4v) is 2.30. The molecule has 0 saturated heterocycles. The molecule has 0 unspecified atom stereocenters. The predicted molar refractivity (Wildman–Crippen MR) is 81.3 cm³/mol. The van der Waals surface area contributed by atoms with Crippen molar-refractivity contribution in [3.05, 3.63) is 34.4 Å². The number of fused-ring (bicyclic) bond motifs is 1. The van der Waals surface area contributed by atoms with Crippen molar-refractivity contribution in [2.45, 2.75) is 6.42 Å². The van der Waals surface area contributed by atoms with Crippen LogP contribution in [0.1, 0.15) is 5.82 Å². The van der Waals surface area contributed by atoms with Gasteiger partial charge in [-0.2, -0.15) is 0 Å². The van der Waals surface area contributed by atoms with Crippen molar-refractivity contribution < 1.29 is 14.2 Å². The molecule has 2 heterocycles. The van der Waals surface area contributed by atoms with Crippen molar-refractivity contribution >= 4 is 5.69 Å². The van der Waals surface area contributed by atoms with Crippen LogP contribution in [-0.2, 0) is 11.2 Å². The maximum atomic E-state index is 11.8. The Kier molecular flexibility index (Phi) is 3.97. The number of nitrogen functional groups attached to an aromatic ring is 1. The normalized spacial score (nSPS) is 13.1. The van der Waals surface area contributed by atoms with Gasteiger partial charge in [0.25, 0.3) is 5.56 Å². The number of nitrogens with one attached hydrogen (secondary N) is 1. The van der Waals surface area contributed by atoms with Gasteiger partial charge in [-0.05, 0) is 12.1 Å². The van der Waals surface area contributed by atoms with E-state index in [1.165, 1.54) is 6.07 Å². The minimum Gasteiger partial charge on any atom is -0.486 e. The van der Waals surface area contributed by atoms with Crippen LogP contribution in [0.3, 0.4) is 0 Å². The molecule has 3 rings (SSSR count). The molecule has 22 heavy (non-hydrogen) atoms. The van der Waals surface area contributed by atoms with E-state index in [0.29, 0.717) is 60.5 Å². The van der Waals surface area contributed by atoms with E-state index in [1.807, 2.05) is 0 Å². The number of nitrogens with two attached hydrogens (primary N) is 1. The number of anilines is 1. The van der Waals surface area contributed by atoms with E-state index in [2.05, 4.69) is 9.97 Å². The Morgan fingerprint density at radius 3 is 2.95 bits per heavy atom. The topological polar surface area (TPSA) is 99.5 Å². The monoisotopic (exact) mass is 303 g/mol. The van der Waals surface area contributed by atoms with Gasteiger partial charge in [-0.25, -0.2) is 4.98 Å². The maximum absolute atomic E-state index is 11.8. The van der Waals surface area contributed by atoms with Gasteiger partial charge in [0.15, 0.2) is 11.5 Å². The number of rotatable bonds is 4. The first-order valence-electron chi connectivity index (χ1n) is 6.96. The molecule has 0 aliphatic carbocycles. The highest BCUT2D eigenvalue weighted by atomic mass is 16.6. The molecule has 0 atom stereocenters. The fourth-order valence-electron chi connectivity index (χ4n) is 2.30. The third-order valence-corrected chi connectivity index (χ3v) is 3.30. The summed E-state index contributed by atoms with van der Waals surface area (Å²) in [6.45, 7) is 1.43. The summed E-state index contributed by atoms with van der Waals surface area (Å²) < 4.78 is 16.1. The first kappa shape index (κ1) is 14.4. The molecule has 0 amide bonds. The zero-order valence-corrected chi connectivity index (χ0v) is 12.2. The molecule has 0 bridgehead atoms. The molecule has 7 nitrogen and oxygen atoms in total. The molecule has 1 aliphatic rings. The molecule has 3 N–H and O–H groups in total. The van der Waals surface area contributed by atoms with E-state index in [0.717, 1.165) is 0 Å². The predicted octanol–water partition coefficient (Wildman–Crippen LogP) is 0.979. The summed E-state index contributed by atoms with van der Waals surface area (Å²) in [4.78, 5) is 18.9. The van der Waals surface area contributed by atoms with Crippen LogP contribution in [0.2, 0.25) is 0 Å². The van der Waals surface area contributed by atoms with E-state index in [1.54, 1.807) is 19.2 Å². The number of aromatic amines is 1. The van der Waals surface area contributed by atoms with Gasteiger partial charge in [0.2, 0.25) is 0 Å². The van der Waals surface area contributed by atoms with Crippen LogP contribution in [0.5, 0.6) is 11.5 Å². The minimum absolute atomic E-state index is 0.218. The fraction of sp³-hybridized carbons (Fsp3) is 0.333. The molecule has 1 aliphatic heterocycles. The Morgan fingerprint density at radius 1 is 1.32 bits per heavy atom. The van der Waals surface area contributed by atoms with E-state index in [9.17, 15) is 4.79 Å². The highest BCUT2D eigenvalue weighted by Gasteiger charge is 2.17. The standard InChI is InChI=1S/C15H17N3O4/c1-20-3-2-13-17-11(8-14(19)18-13)9-6-10(16)15-12(7-9)21-4-5-22-15/h6-8H,2-5,16H2,1H3,(H,17,18,19). The second-order valence-corrected chi connectivity index (χ2v) is 4.91. The van der Waals surface area contributed by atoms with Gasteiger partial charge in [-0.1, -0.05) is 0 Å². The van der Waals surface area contributed by atoms with Crippen LogP contribution in [0.25, 0.3) is 11.3 Å². The first-order chi connectivity index (χ1) is 10.7. The molecule has 0 saturated carbocycles. The zero-order chi connectivity index (χ0) is 15.5. The van der Waals surface area contributed by atoms with Gasteiger partial charge >= 0.3 is 0 Å². The van der Waals surface area contributed by atoms with Gasteiger partial charge in [0.05, 0.1) is 18.0 Å². The lowest BCUT2D eigenvalue weighted by atomic mass is 10.1. The number of H-pyrrole nitrogens is 1. The van der Waals surface area contributed by atoms with Crippen LogP contribution in [0.4, 0.5) is 5.69 Å². The summed E-state index contributed by atoms with van der Waals surface area (Å²) in [7, 11) is 1.60. The molecule has 1 aromatic heterocycles. The molecular formula is C15H17N3O4. The lowest BCUT2D eigenvalue weighted by molar-refractivity contribution is 0.173. The molecule has 0 spiro atoms. The highest BCUT2D eigenvalue weighted by Crippen LogP contribution is 2.39. The van der Waals surface area contributed by atoms with Crippen LogP contribution in [0, 0.1) is 0 Å². The van der Waals surface area contributed by atoms with E-state index >= 15 is 0 Å². The van der Waals surface area contributed by atoms with Gasteiger partial charge in [0.1, 0.15) is 19.0 Å². The van der Waals surface area contributed by atoms with Gasteiger partial charge in [-0.3, -0.25) is 4.79 Å². The number of hydrogen-bond donors (Lipinski definition) is 2. The number of aromatic nitrogens is 2. The Balaban J connectivity index is 2.02. The number of ether oxygens (including phenoxy) is 3. The van der Waals surface area contributed by atoms with Crippen molar-refractivity contribution in [1.82, 2.24) is 9.97 Å². The molecule has 0 radical (unpaired) electrons. The summed E-state index contributed by atoms with van der Waals surface area (Å²) >= 11 is 0. The molecular weight excluding hydrogens is 286 g/mol. The summed E-state index contributed by atoms with van der Waals surface area (Å²) in [5, 5.41) is 0. The lowest BCUT2D eigenvalue weighted by Crippen LogP contribution is -2.17. The first-order valence-corrected chi connectivity index (χ1v) is 6.96. The van der Waals surface area contributed by atoms with Crippen molar-refractivity contribution in [2.75, 3.05) is 32.7 Å². The van der Waals surface area contributed by atoms with E-state index in [4.69, 9.17) is 19.9 Å². The van der Waals surface area contributed by atoms with Crippen LogP contribution >= 0.6 is 0 Å². The molecule has 0 fully saturated rings. The number of methoxy groups -OCH3 is 1. The van der Waals surface area contributed by atoms with Crippen molar-refractivity contribution in [1.29, 1.82) is 0 Å². The molecule has 116 valence electrons. The SMILES string of the molecule is COCCc1nc(-c2cc(N)c3c(c2)OCCO3)cc(=O)[nH]1. The number of benzene rings is 1. The average Bonchev–Trinajstić information content (AvgIpc) is 2.52. The van der Waals surface area contributed by atoms with Crippen LogP contribution in [0.15, 0.2) is 23.0 Å². The van der Waals surface area contributed by atoms with Gasteiger partial charge in [-0.15, -0.1) is 0 Å². The Hall–Kier alpha value is -2.54. The van der Waals surface area contributed by atoms with Gasteiger partial charge in [0, 0.05) is 25.2 Å². The lowest BCUT2D eigenvalue weighted by Gasteiger charge is -2.20. The second-order valence-electron chi connectivity index (χ2n) is 4.91. The quantitative estimate of drug-likeness (QED) is 0.817. The third kappa shape index (κ3) is 2.89. The molecule has 7 heteroatoms. The largest absolute Gasteiger partial charge is 0.486 e. The number of hydrogen-bond acceptors (Lipinski definition) is 6. The van der Waals surface area contributed by atoms with Crippen LogP contribution in [-0.4, -0.2) is 36.9 Å². The van der Waals surface area contributed by atoms with Crippen molar-refractivity contribution in [3.8, 4) is 22.8 Å². The summed E-state index contributed by atoms with van der Waals surface area (Å²) in [5.74, 6) is 1.68. The summed E-state index contributed by atoms with van der Waals surface area (Å²) in [6.07, 6.45) is 0.527. The maximum Gasteiger partial charge on any atom is 0.251 e. The molecule has 2 aromatic rings. The van der Waals surface area contributed by atoms with Crippen molar-refractivity contribution in [2.24, 2.45) is 0 Å². The molecule has 1 aromatic carbocycles. The Bertz CT molecular complexity index is 742. The Labute approximate surface area is 127 Å². The van der Waals surface area contributed by atoms with E-state index < -0.39 is 0 Å². The summed E-state index contributed by atoms with van der Waals surface area (Å²) in [6, 6.07) is 4.95. The minimum atomic E-state index is -0.218. The Morgan fingerprint density at radius 2 is 2.14 bits per heavy atom. The second kappa shape index (κ2) is 6.07. The zero-order valence-electron chi connectivity index (χ0n) is 12.2. The van der Waals surface area contributed by atoms with E-state index in [-0.39, 0.29) is 5.56 Å². The van der Waals surface area contributed by atoms with Gasteiger partial charge < -0.3 is 24.9 Å². The third-order valence-electron chi connectivity index (χ3n) is 3.30. The highest BCUT2D eigenvalue weighted by molar-refractivity contribution is 5.73. The van der Waals surface area contributed by atoms with Crippen molar-refractivity contribution in [3.63, 3.8) is 0 Å². The van der Waals surface area contributed by atoms with Crippen LogP contribution < -0.4 is 20.8 Å².